The average molecular weight is 441 g/mol. The van der Waals surface area contributed by atoms with Gasteiger partial charge in [-0.05, 0) is 56.0 Å². The van der Waals surface area contributed by atoms with Gasteiger partial charge < -0.3 is 15.8 Å². The number of aromatic nitrogens is 4. The van der Waals surface area contributed by atoms with Crippen LogP contribution in [0.4, 0.5) is 11.5 Å². The minimum absolute atomic E-state index is 0.219. The number of nitrogens with one attached hydrogen (secondary N) is 1. The van der Waals surface area contributed by atoms with E-state index in [0.717, 1.165) is 35.3 Å². The van der Waals surface area contributed by atoms with Crippen LogP contribution in [-0.4, -0.2) is 31.8 Å². The Balaban J connectivity index is 1.54. The predicted molar refractivity (Wildman–Crippen MR) is 128 cm³/mol. The Kier molecular flexibility index (Phi) is 5.26. The highest BCUT2D eigenvalue weighted by Crippen LogP contribution is 2.38. The quantitative estimate of drug-likeness (QED) is 0.428. The second kappa shape index (κ2) is 8.38. The van der Waals surface area contributed by atoms with Crippen LogP contribution in [0.3, 0.4) is 0 Å². The van der Waals surface area contributed by atoms with Crippen molar-refractivity contribution in [1.29, 1.82) is 0 Å². The van der Waals surface area contributed by atoms with Gasteiger partial charge in [-0.3, -0.25) is 4.79 Å². The molecule has 8 heteroatoms. The molecule has 33 heavy (non-hydrogen) atoms. The fourth-order valence-electron chi connectivity index (χ4n) is 3.73. The van der Waals surface area contributed by atoms with Crippen molar-refractivity contribution in [2.75, 3.05) is 11.1 Å². The standard InChI is InChI=1S/C25H24N6O2/c1-15(2)25(32)29-18-10-6-17(7-11-18)22-21(23-24(26)27-14-28-31(23)30-22)16-8-12-20(13-9-16)33-19-4-3-5-19/h6-14,19H,1,3-5H2,2H3,(H,29,32)(H2,26,27,28). The number of nitrogens with two attached hydrogens (primary N) is 1. The summed E-state index contributed by atoms with van der Waals surface area (Å²) in [6.07, 6.45) is 5.14. The highest BCUT2D eigenvalue weighted by Gasteiger charge is 2.21. The second-order valence-electron chi connectivity index (χ2n) is 8.21. The van der Waals surface area contributed by atoms with Gasteiger partial charge in [0.05, 0.1) is 6.10 Å². The smallest absolute Gasteiger partial charge is 0.250 e. The van der Waals surface area contributed by atoms with E-state index in [2.05, 4.69) is 27.1 Å². The van der Waals surface area contributed by atoms with Gasteiger partial charge in [0.1, 0.15) is 23.3 Å². The fourth-order valence-corrected chi connectivity index (χ4v) is 3.73. The zero-order valence-electron chi connectivity index (χ0n) is 18.3. The van der Waals surface area contributed by atoms with Gasteiger partial charge in [-0.25, -0.2) is 4.98 Å². The molecule has 2 heterocycles. The Morgan fingerprint density at radius 3 is 2.45 bits per heavy atom. The molecular weight excluding hydrogens is 416 g/mol. The molecule has 3 N–H and O–H groups in total. The highest BCUT2D eigenvalue weighted by atomic mass is 16.5. The van der Waals surface area contributed by atoms with Gasteiger partial charge in [-0.1, -0.05) is 30.8 Å². The number of fused-ring (bicyclic) bond motifs is 1. The molecule has 8 nitrogen and oxygen atoms in total. The van der Waals surface area contributed by atoms with E-state index in [0.29, 0.717) is 34.4 Å². The van der Waals surface area contributed by atoms with Crippen molar-refractivity contribution in [2.24, 2.45) is 0 Å². The molecule has 0 unspecified atom stereocenters. The molecule has 1 amide bonds. The van der Waals surface area contributed by atoms with E-state index in [1.807, 2.05) is 48.5 Å². The number of amides is 1. The van der Waals surface area contributed by atoms with Gasteiger partial charge in [0.25, 0.3) is 5.91 Å². The third-order valence-electron chi connectivity index (χ3n) is 5.77. The van der Waals surface area contributed by atoms with Crippen molar-refractivity contribution < 1.29 is 9.53 Å². The number of carbonyl (C=O) groups excluding carboxylic acids is 1. The van der Waals surface area contributed by atoms with Gasteiger partial charge >= 0.3 is 0 Å². The molecule has 0 aliphatic heterocycles. The maximum absolute atomic E-state index is 11.9. The first kappa shape index (κ1) is 20.7. The van der Waals surface area contributed by atoms with Crippen LogP contribution in [0.15, 0.2) is 67.0 Å². The van der Waals surface area contributed by atoms with E-state index < -0.39 is 0 Å². The Morgan fingerprint density at radius 2 is 1.82 bits per heavy atom. The molecule has 0 bridgehead atoms. The molecule has 2 aromatic heterocycles. The topological polar surface area (TPSA) is 107 Å². The molecule has 1 aliphatic carbocycles. The maximum Gasteiger partial charge on any atom is 0.250 e. The van der Waals surface area contributed by atoms with E-state index in [9.17, 15) is 4.79 Å². The van der Waals surface area contributed by atoms with Crippen molar-refractivity contribution in [3.63, 3.8) is 0 Å². The third-order valence-corrected chi connectivity index (χ3v) is 5.77. The molecule has 166 valence electrons. The van der Waals surface area contributed by atoms with Crippen LogP contribution in [-0.2, 0) is 4.79 Å². The first-order chi connectivity index (χ1) is 16.0. The summed E-state index contributed by atoms with van der Waals surface area (Å²) in [5.74, 6) is 0.977. The van der Waals surface area contributed by atoms with Crippen LogP contribution in [0.5, 0.6) is 5.75 Å². The third kappa shape index (κ3) is 4.03. The molecule has 0 radical (unpaired) electrons. The molecule has 4 aromatic rings. The normalized spacial score (nSPS) is 13.5. The number of nitrogens with zero attached hydrogens (tertiary/aromatic N) is 4. The van der Waals surface area contributed by atoms with Gasteiger partial charge in [-0.2, -0.15) is 0 Å². The van der Waals surface area contributed by atoms with Crippen LogP contribution in [0.2, 0.25) is 0 Å². The number of carbonyl (C=O) groups is 1. The average Bonchev–Trinajstić information content (AvgIpc) is 3.18. The van der Waals surface area contributed by atoms with Crippen molar-refractivity contribution in [3.05, 3.63) is 67.0 Å². The van der Waals surface area contributed by atoms with E-state index in [-0.39, 0.29) is 5.91 Å². The second-order valence-corrected chi connectivity index (χ2v) is 8.21. The largest absolute Gasteiger partial charge is 0.490 e. The highest BCUT2D eigenvalue weighted by molar-refractivity contribution is 6.03. The van der Waals surface area contributed by atoms with Crippen LogP contribution >= 0.6 is 0 Å². The lowest BCUT2D eigenvalue weighted by atomic mass is 9.96. The summed E-state index contributed by atoms with van der Waals surface area (Å²) in [7, 11) is 0. The predicted octanol–water partition coefficient (Wildman–Crippen LogP) is 4.49. The Labute approximate surface area is 191 Å². The summed E-state index contributed by atoms with van der Waals surface area (Å²) < 4.78 is 7.50. The van der Waals surface area contributed by atoms with Crippen molar-refractivity contribution in [3.8, 4) is 28.1 Å². The number of rotatable bonds is 6. The zero-order chi connectivity index (χ0) is 22.9. The number of hydrogen-bond donors (Lipinski definition) is 2. The molecule has 5 rings (SSSR count). The molecule has 0 atom stereocenters. The minimum Gasteiger partial charge on any atom is -0.490 e. The molecule has 2 aromatic carbocycles. The zero-order valence-corrected chi connectivity index (χ0v) is 18.3. The number of ether oxygens (including phenoxy) is 1. The number of benzene rings is 2. The van der Waals surface area contributed by atoms with Crippen LogP contribution in [0.25, 0.3) is 27.9 Å². The van der Waals surface area contributed by atoms with Gasteiger partial charge in [-0.15, -0.1) is 14.8 Å². The summed E-state index contributed by atoms with van der Waals surface area (Å²) in [6.45, 7) is 5.33. The van der Waals surface area contributed by atoms with Crippen molar-refractivity contribution >= 4 is 22.9 Å². The minimum atomic E-state index is -0.219. The van der Waals surface area contributed by atoms with Crippen molar-refractivity contribution in [2.45, 2.75) is 32.3 Å². The van der Waals surface area contributed by atoms with Crippen LogP contribution < -0.4 is 15.8 Å². The molecule has 1 saturated carbocycles. The van der Waals surface area contributed by atoms with Gasteiger partial charge in [0.2, 0.25) is 0 Å². The summed E-state index contributed by atoms with van der Waals surface area (Å²) in [4.78, 5) is 16.1. The van der Waals surface area contributed by atoms with Crippen molar-refractivity contribution in [1.82, 2.24) is 19.8 Å². The van der Waals surface area contributed by atoms with Crippen LogP contribution in [0.1, 0.15) is 26.2 Å². The molecule has 0 spiro atoms. The fraction of sp³-hybridized carbons (Fsp3) is 0.200. The number of nitrogen functional groups attached to an aromatic ring is 1. The maximum atomic E-state index is 11.9. The van der Waals surface area contributed by atoms with E-state index in [1.54, 1.807) is 6.92 Å². The first-order valence-electron chi connectivity index (χ1n) is 10.8. The van der Waals surface area contributed by atoms with E-state index in [1.165, 1.54) is 17.4 Å². The summed E-state index contributed by atoms with van der Waals surface area (Å²) in [5.41, 5.74) is 11.3. The lowest BCUT2D eigenvalue weighted by Gasteiger charge is -2.26. The number of anilines is 2. The SMILES string of the molecule is C=C(C)C(=O)Nc1ccc(-c2nn3ncnc(N)c3c2-c2ccc(OC3CCC3)cc2)cc1. The summed E-state index contributed by atoms with van der Waals surface area (Å²) in [6, 6.07) is 15.4. The molecular formula is C25H24N6O2. The first-order valence-corrected chi connectivity index (χ1v) is 10.8. The van der Waals surface area contributed by atoms with Gasteiger partial charge in [0.15, 0.2) is 5.82 Å². The van der Waals surface area contributed by atoms with E-state index >= 15 is 0 Å². The summed E-state index contributed by atoms with van der Waals surface area (Å²) in [5, 5.41) is 11.7. The lowest BCUT2D eigenvalue weighted by Crippen LogP contribution is -2.24. The number of hydrogen-bond acceptors (Lipinski definition) is 6. The molecule has 1 aliphatic rings. The lowest BCUT2D eigenvalue weighted by molar-refractivity contribution is -0.112. The van der Waals surface area contributed by atoms with Gasteiger partial charge in [0, 0.05) is 22.4 Å². The summed E-state index contributed by atoms with van der Waals surface area (Å²) >= 11 is 0. The Hall–Kier alpha value is -4.20. The molecule has 1 fully saturated rings. The Morgan fingerprint density at radius 1 is 1.12 bits per heavy atom. The Bertz CT molecular complexity index is 1340. The van der Waals surface area contributed by atoms with Crippen LogP contribution in [0, 0.1) is 0 Å². The van der Waals surface area contributed by atoms with E-state index in [4.69, 9.17) is 10.5 Å². The monoisotopic (exact) mass is 440 g/mol. The molecule has 0 saturated heterocycles.